The lowest BCUT2D eigenvalue weighted by molar-refractivity contribution is 0.480. The highest BCUT2D eigenvalue weighted by Crippen LogP contribution is 2.21. The van der Waals surface area contributed by atoms with Crippen LogP contribution in [0.1, 0.15) is 32.7 Å². The molecule has 0 aliphatic rings. The summed E-state index contributed by atoms with van der Waals surface area (Å²) < 4.78 is 2.07. The molecule has 0 saturated heterocycles. The number of nitrogens with zero attached hydrogens (tertiary/aromatic N) is 4. The number of fused-ring (bicyclic) bond motifs is 1. The fourth-order valence-electron chi connectivity index (χ4n) is 1.76. The fourth-order valence-corrected chi connectivity index (χ4v) is 1.88. The molecule has 0 aromatic carbocycles. The summed E-state index contributed by atoms with van der Waals surface area (Å²) in [5.74, 6) is 0. The molecule has 0 saturated carbocycles. The predicted octanol–water partition coefficient (Wildman–Crippen LogP) is 2.84. The molecule has 0 unspecified atom stereocenters. The Morgan fingerprint density at radius 1 is 1.33 bits per heavy atom. The molecule has 2 aromatic heterocycles. The van der Waals surface area contributed by atoms with Gasteiger partial charge in [0.1, 0.15) is 5.52 Å². The van der Waals surface area contributed by atoms with Gasteiger partial charge in [0.2, 0.25) is 5.28 Å². The molecule has 2 rings (SSSR count). The molecule has 5 heteroatoms. The van der Waals surface area contributed by atoms with Crippen LogP contribution in [0.4, 0.5) is 0 Å². The first-order chi connectivity index (χ1) is 7.26. The van der Waals surface area contributed by atoms with Crippen molar-refractivity contribution in [3.8, 4) is 0 Å². The Labute approximate surface area is 93.3 Å². The Kier molecular flexibility index (Phi) is 2.86. The number of imidazole rings is 1. The summed E-state index contributed by atoms with van der Waals surface area (Å²) in [5, 5.41) is 0.273. The molecule has 0 amide bonds. The standard InChI is InChI=1S/C10H13ClN4/c1-3-7(4-2)15-6-13-8-5-12-10(11)14-9(8)15/h5-7H,3-4H2,1-2H3. The average molecular weight is 225 g/mol. The van der Waals surface area contributed by atoms with Crippen LogP contribution in [0.5, 0.6) is 0 Å². The number of aromatic nitrogens is 4. The van der Waals surface area contributed by atoms with E-state index in [0.717, 1.165) is 24.0 Å². The van der Waals surface area contributed by atoms with Gasteiger partial charge in [-0.05, 0) is 24.4 Å². The third kappa shape index (κ3) is 1.81. The lowest BCUT2D eigenvalue weighted by Gasteiger charge is -2.14. The van der Waals surface area contributed by atoms with Crippen LogP contribution < -0.4 is 0 Å². The number of hydrogen-bond donors (Lipinski definition) is 0. The molecule has 0 bridgehead atoms. The summed E-state index contributed by atoms with van der Waals surface area (Å²) in [4.78, 5) is 12.4. The number of halogens is 1. The molecule has 0 radical (unpaired) electrons. The Balaban J connectivity index is 2.55. The highest BCUT2D eigenvalue weighted by molar-refractivity contribution is 6.28. The van der Waals surface area contributed by atoms with Crippen molar-refractivity contribution in [2.24, 2.45) is 0 Å². The maximum Gasteiger partial charge on any atom is 0.224 e. The zero-order valence-corrected chi connectivity index (χ0v) is 9.57. The molecule has 0 spiro atoms. The molecular formula is C10H13ClN4. The SMILES string of the molecule is CCC(CC)n1cnc2cnc(Cl)nc21. The van der Waals surface area contributed by atoms with Gasteiger partial charge in [-0.3, -0.25) is 0 Å². The van der Waals surface area contributed by atoms with Crippen LogP contribution >= 0.6 is 11.6 Å². The zero-order valence-electron chi connectivity index (χ0n) is 8.81. The van der Waals surface area contributed by atoms with E-state index in [2.05, 4.69) is 33.4 Å². The van der Waals surface area contributed by atoms with Crippen LogP contribution in [0.2, 0.25) is 5.28 Å². The van der Waals surface area contributed by atoms with Crippen molar-refractivity contribution in [2.45, 2.75) is 32.7 Å². The number of rotatable bonds is 3. The molecule has 0 aliphatic carbocycles. The van der Waals surface area contributed by atoms with E-state index in [-0.39, 0.29) is 5.28 Å². The van der Waals surface area contributed by atoms with Crippen molar-refractivity contribution in [3.63, 3.8) is 0 Å². The topological polar surface area (TPSA) is 43.6 Å². The van der Waals surface area contributed by atoms with Gasteiger partial charge in [-0.25, -0.2) is 9.97 Å². The minimum absolute atomic E-state index is 0.273. The molecule has 0 fully saturated rings. The van der Waals surface area contributed by atoms with Crippen molar-refractivity contribution in [2.75, 3.05) is 0 Å². The van der Waals surface area contributed by atoms with Crippen molar-refractivity contribution in [1.29, 1.82) is 0 Å². The molecule has 2 aromatic rings. The fraction of sp³-hybridized carbons (Fsp3) is 0.500. The van der Waals surface area contributed by atoms with Gasteiger partial charge in [0.05, 0.1) is 12.5 Å². The third-order valence-corrected chi connectivity index (χ3v) is 2.80. The molecule has 80 valence electrons. The van der Waals surface area contributed by atoms with Gasteiger partial charge >= 0.3 is 0 Å². The van der Waals surface area contributed by atoms with Crippen LogP contribution in [0, 0.1) is 0 Å². The molecule has 0 atom stereocenters. The molecule has 15 heavy (non-hydrogen) atoms. The van der Waals surface area contributed by atoms with Crippen molar-refractivity contribution >= 4 is 22.8 Å². The first-order valence-corrected chi connectivity index (χ1v) is 5.49. The maximum atomic E-state index is 5.78. The lowest BCUT2D eigenvalue weighted by atomic mass is 10.2. The van der Waals surface area contributed by atoms with Gasteiger partial charge in [0.25, 0.3) is 0 Å². The van der Waals surface area contributed by atoms with Crippen LogP contribution in [0.25, 0.3) is 11.2 Å². The molecule has 0 N–H and O–H groups in total. The smallest absolute Gasteiger partial charge is 0.224 e. The first kappa shape index (κ1) is 10.4. The quantitative estimate of drug-likeness (QED) is 0.753. The molecule has 4 nitrogen and oxygen atoms in total. The second kappa shape index (κ2) is 4.14. The summed E-state index contributed by atoms with van der Waals surface area (Å²) >= 11 is 5.78. The van der Waals surface area contributed by atoms with Crippen LogP contribution in [0.3, 0.4) is 0 Å². The first-order valence-electron chi connectivity index (χ1n) is 5.11. The van der Waals surface area contributed by atoms with E-state index in [9.17, 15) is 0 Å². The van der Waals surface area contributed by atoms with Gasteiger partial charge in [-0.2, -0.15) is 4.98 Å². The largest absolute Gasteiger partial charge is 0.312 e. The van der Waals surface area contributed by atoms with Crippen molar-refractivity contribution in [1.82, 2.24) is 19.5 Å². The zero-order chi connectivity index (χ0) is 10.8. The lowest BCUT2D eigenvalue weighted by Crippen LogP contribution is -2.06. The second-order valence-corrected chi connectivity index (χ2v) is 3.81. The molecule has 2 heterocycles. The predicted molar refractivity (Wildman–Crippen MR) is 60.0 cm³/mol. The van der Waals surface area contributed by atoms with E-state index < -0.39 is 0 Å². The Hall–Kier alpha value is -1.16. The van der Waals surface area contributed by atoms with E-state index in [1.54, 1.807) is 6.20 Å². The van der Waals surface area contributed by atoms with Gasteiger partial charge < -0.3 is 4.57 Å². The minimum atomic E-state index is 0.273. The Bertz CT molecular complexity index is 461. The van der Waals surface area contributed by atoms with Crippen molar-refractivity contribution < 1.29 is 0 Å². The maximum absolute atomic E-state index is 5.78. The Morgan fingerprint density at radius 2 is 2.07 bits per heavy atom. The second-order valence-electron chi connectivity index (χ2n) is 3.47. The Morgan fingerprint density at radius 3 is 2.73 bits per heavy atom. The highest BCUT2D eigenvalue weighted by Gasteiger charge is 2.11. The van der Waals surface area contributed by atoms with Gasteiger partial charge in [-0.1, -0.05) is 13.8 Å². The van der Waals surface area contributed by atoms with E-state index in [0.29, 0.717) is 6.04 Å². The summed E-state index contributed by atoms with van der Waals surface area (Å²) in [6.07, 6.45) is 5.59. The number of hydrogen-bond acceptors (Lipinski definition) is 3. The highest BCUT2D eigenvalue weighted by atomic mass is 35.5. The summed E-state index contributed by atoms with van der Waals surface area (Å²) in [6.45, 7) is 4.31. The monoisotopic (exact) mass is 224 g/mol. The normalized spacial score (nSPS) is 11.5. The summed E-state index contributed by atoms with van der Waals surface area (Å²) in [5.41, 5.74) is 1.62. The molecular weight excluding hydrogens is 212 g/mol. The summed E-state index contributed by atoms with van der Waals surface area (Å²) in [7, 11) is 0. The van der Waals surface area contributed by atoms with E-state index >= 15 is 0 Å². The molecule has 0 aliphatic heterocycles. The minimum Gasteiger partial charge on any atom is -0.312 e. The average Bonchev–Trinajstić information content (AvgIpc) is 2.64. The van der Waals surface area contributed by atoms with E-state index in [1.807, 2.05) is 6.33 Å². The van der Waals surface area contributed by atoms with E-state index in [1.165, 1.54) is 0 Å². The van der Waals surface area contributed by atoms with Crippen LogP contribution in [-0.2, 0) is 0 Å². The van der Waals surface area contributed by atoms with Crippen molar-refractivity contribution in [3.05, 3.63) is 17.8 Å². The van der Waals surface area contributed by atoms with Crippen LogP contribution in [-0.4, -0.2) is 19.5 Å². The van der Waals surface area contributed by atoms with Crippen LogP contribution in [0.15, 0.2) is 12.5 Å². The van der Waals surface area contributed by atoms with E-state index in [4.69, 9.17) is 11.6 Å². The van der Waals surface area contributed by atoms with Gasteiger partial charge in [0, 0.05) is 6.04 Å². The third-order valence-electron chi connectivity index (χ3n) is 2.62. The summed E-state index contributed by atoms with van der Waals surface area (Å²) in [6, 6.07) is 0.431. The van der Waals surface area contributed by atoms with Gasteiger partial charge in [0.15, 0.2) is 5.65 Å². The van der Waals surface area contributed by atoms with Gasteiger partial charge in [-0.15, -0.1) is 0 Å².